The number of aromatic nitrogens is 2. The lowest BCUT2D eigenvalue weighted by atomic mass is 9.93. The fraction of sp³-hybridized carbons (Fsp3) is 0.600. The van der Waals surface area contributed by atoms with Crippen molar-refractivity contribution in [3.8, 4) is 0 Å². The van der Waals surface area contributed by atoms with Gasteiger partial charge < -0.3 is 4.90 Å². The number of rotatable bonds is 3. The molecule has 0 unspecified atom stereocenters. The fourth-order valence-electron chi connectivity index (χ4n) is 3.19. The molecule has 1 amide bonds. The minimum absolute atomic E-state index is 0.211. The van der Waals surface area contributed by atoms with E-state index in [1.165, 1.54) is 0 Å². The van der Waals surface area contributed by atoms with Gasteiger partial charge in [0.25, 0.3) is 0 Å². The van der Waals surface area contributed by atoms with Gasteiger partial charge in [0.15, 0.2) is 0 Å². The number of nitrogens with zero attached hydrogens (tertiary/aromatic N) is 3. The molecular formula is C15H21N3O. The van der Waals surface area contributed by atoms with E-state index in [0.717, 1.165) is 45.2 Å². The van der Waals surface area contributed by atoms with Crippen molar-refractivity contribution in [2.45, 2.75) is 44.7 Å². The zero-order chi connectivity index (χ0) is 13.1. The van der Waals surface area contributed by atoms with Crippen molar-refractivity contribution in [1.82, 2.24) is 14.7 Å². The van der Waals surface area contributed by atoms with Crippen LogP contribution in [0.5, 0.6) is 0 Å². The second-order valence-electron chi connectivity index (χ2n) is 5.54. The maximum absolute atomic E-state index is 12.6. The molecule has 102 valence electrons. The molecule has 1 fully saturated rings. The molecule has 2 heterocycles. The van der Waals surface area contributed by atoms with Crippen molar-refractivity contribution in [2.24, 2.45) is 5.92 Å². The summed E-state index contributed by atoms with van der Waals surface area (Å²) in [5.41, 5.74) is 0. The van der Waals surface area contributed by atoms with Crippen molar-refractivity contribution >= 4 is 5.91 Å². The summed E-state index contributed by atoms with van der Waals surface area (Å²) in [6.45, 7) is 1.76. The largest absolute Gasteiger partial charge is 0.338 e. The van der Waals surface area contributed by atoms with Crippen molar-refractivity contribution in [3.63, 3.8) is 0 Å². The molecule has 0 N–H and O–H groups in total. The molecule has 2 aliphatic rings. The smallest absolute Gasteiger partial charge is 0.226 e. The second-order valence-corrected chi connectivity index (χ2v) is 5.54. The molecule has 0 aromatic carbocycles. The Balaban J connectivity index is 1.65. The minimum atomic E-state index is 0.211. The first kappa shape index (κ1) is 12.5. The molecule has 0 radical (unpaired) electrons. The molecule has 0 bridgehead atoms. The second kappa shape index (κ2) is 5.59. The fourth-order valence-corrected chi connectivity index (χ4v) is 3.19. The van der Waals surface area contributed by atoms with Gasteiger partial charge in [-0.05, 0) is 38.2 Å². The van der Waals surface area contributed by atoms with E-state index in [2.05, 4.69) is 22.2 Å². The molecule has 4 nitrogen and oxygen atoms in total. The Morgan fingerprint density at radius 2 is 2.26 bits per heavy atom. The van der Waals surface area contributed by atoms with Crippen LogP contribution in [-0.4, -0.2) is 33.2 Å². The Kier molecular flexibility index (Phi) is 3.67. The average Bonchev–Trinajstić information content (AvgIpc) is 3.11. The van der Waals surface area contributed by atoms with Gasteiger partial charge in [0.1, 0.15) is 0 Å². The van der Waals surface area contributed by atoms with Gasteiger partial charge in [-0.25, -0.2) is 0 Å². The van der Waals surface area contributed by atoms with E-state index in [1.807, 2.05) is 16.9 Å². The number of carbonyl (C=O) groups is 1. The summed E-state index contributed by atoms with van der Waals surface area (Å²) in [5.74, 6) is 0.572. The number of likely N-dealkylation sites (tertiary alicyclic amines) is 1. The number of hydrogen-bond donors (Lipinski definition) is 0. The quantitative estimate of drug-likeness (QED) is 0.781. The Morgan fingerprint density at radius 1 is 1.32 bits per heavy atom. The molecule has 1 aliphatic heterocycles. The molecule has 1 aromatic heterocycles. The van der Waals surface area contributed by atoms with Crippen LogP contribution in [0, 0.1) is 5.92 Å². The van der Waals surface area contributed by atoms with E-state index in [0.29, 0.717) is 11.9 Å². The maximum atomic E-state index is 12.6. The molecule has 0 spiro atoms. The Hall–Kier alpha value is -1.58. The summed E-state index contributed by atoms with van der Waals surface area (Å²) in [5, 5.41) is 4.25. The number of allylic oxidation sites excluding steroid dienone is 2. The van der Waals surface area contributed by atoms with Crippen LogP contribution >= 0.6 is 0 Å². The van der Waals surface area contributed by atoms with Gasteiger partial charge in [0.2, 0.25) is 5.91 Å². The van der Waals surface area contributed by atoms with Crippen LogP contribution < -0.4 is 0 Å². The van der Waals surface area contributed by atoms with Gasteiger partial charge in [-0.1, -0.05) is 12.2 Å². The van der Waals surface area contributed by atoms with Crippen molar-refractivity contribution in [1.29, 1.82) is 0 Å². The lowest BCUT2D eigenvalue weighted by Crippen LogP contribution is -2.41. The number of hydrogen-bond acceptors (Lipinski definition) is 2. The zero-order valence-electron chi connectivity index (χ0n) is 11.2. The van der Waals surface area contributed by atoms with Crippen LogP contribution in [0.2, 0.25) is 0 Å². The number of amides is 1. The third kappa shape index (κ3) is 2.72. The Labute approximate surface area is 114 Å². The molecule has 19 heavy (non-hydrogen) atoms. The third-order valence-corrected chi connectivity index (χ3v) is 4.24. The van der Waals surface area contributed by atoms with Gasteiger partial charge in [0.05, 0.1) is 12.6 Å². The van der Waals surface area contributed by atoms with Gasteiger partial charge in [-0.3, -0.25) is 9.48 Å². The first-order valence-electron chi connectivity index (χ1n) is 7.27. The summed E-state index contributed by atoms with van der Waals surface area (Å²) in [6, 6.07) is 2.27. The topological polar surface area (TPSA) is 38.1 Å². The average molecular weight is 259 g/mol. The van der Waals surface area contributed by atoms with E-state index in [4.69, 9.17) is 0 Å². The van der Waals surface area contributed by atoms with E-state index in [1.54, 1.807) is 6.20 Å². The molecule has 1 saturated heterocycles. The summed E-state index contributed by atoms with van der Waals surface area (Å²) in [6.07, 6.45) is 13.3. The zero-order valence-corrected chi connectivity index (χ0v) is 11.2. The molecular weight excluding hydrogens is 238 g/mol. The first-order chi connectivity index (χ1) is 9.34. The highest BCUT2D eigenvalue weighted by molar-refractivity contribution is 5.79. The first-order valence-corrected chi connectivity index (χ1v) is 7.27. The highest BCUT2D eigenvalue weighted by Crippen LogP contribution is 2.26. The predicted molar refractivity (Wildman–Crippen MR) is 73.4 cm³/mol. The van der Waals surface area contributed by atoms with E-state index >= 15 is 0 Å². The summed E-state index contributed by atoms with van der Waals surface area (Å²) >= 11 is 0. The highest BCUT2D eigenvalue weighted by Gasteiger charge is 2.33. The van der Waals surface area contributed by atoms with Crippen molar-refractivity contribution < 1.29 is 4.79 Å². The van der Waals surface area contributed by atoms with Crippen LogP contribution in [0.4, 0.5) is 0 Å². The molecule has 3 rings (SSSR count). The maximum Gasteiger partial charge on any atom is 0.226 e. The normalized spacial score (nSPS) is 26.8. The van der Waals surface area contributed by atoms with Gasteiger partial charge in [0, 0.05) is 24.9 Å². The van der Waals surface area contributed by atoms with Gasteiger partial charge >= 0.3 is 0 Å². The standard InChI is InChI=1S/C15H21N3O/c19-15(13-6-2-1-3-7-13)18-11-4-8-14(18)12-17-10-5-9-16-17/h1-2,5,9-10,13-14H,3-4,6-8,11-12H2/t13-,14+/m0/s1. The van der Waals surface area contributed by atoms with Crippen LogP contribution in [0.1, 0.15) is 32.1 Å². The summed E-state index contributed by atoms with van der Waals surface area (Å²) in [4.78, 5) is 14.7. The molecule has 0 saturated carbocycles. The number of carbonyl (C=O) groups excluding carboxylic acids is 1. The Morgan fingerprint density at radius 3 is 3.00 bits per heavy atom. The van der Waals surface area contributed by atoms with Crippen molar-refractivity contribution in [3.05, 3.63) is 30.6 Å². The molecule has 2 atom stereocenters. The van der Waals surface area contributed by atoms with Crippen LogP contribution in [0.15, 0.2) is 30.6 Å². The van der Waals surface area contributed by atoms with Gasteiger partial charge in [-0.2, -0.15) is 5.10 Å². The molecule has 1 aromatic rings. The van der Waals surface area contributed by atoms with Crippen LogP contribution in [-0.2, 0) is 11.3 Å². The SMILES string of the molecule is O=C([C@H]1CC=CCC1)N1CCC[C@@H]1Cn1cccn1. The van der Waals surface area contributed by atoms with Crippen LogP contribution in [0.3, 0.4) is 0 Å². The summed E-state index contributed by atoms with van der Waals surface area (Å²) in [7, 11) is 0. The predicted octanol–water partition coefficient (Wildman–Crippen LogP) is 2.23. The third-order valence-electron chi connectivity index (χ3n) is 4.24. The lowest BCUT2D eigenvalue weighted by Gasteiger charge is -2.29. The van der Waals surface area contributed by atoms with E-state index < -0.39 is 0 Å². The van der Waals surface area contributed by atoms with Crippen LogP contribution in [0.25, 0.3) is 0 Å². The lowest BCUT2D eigenvalue weighted by molar-refractivity contribution is -0.136. The minimum Gasteiger partial charge on any atom is -0.338 e. The monoisotopic (exact) mass is 259 g/mol. The van der Waals surface area contributed by atoms with E-state index in [9.17, 15) is 4.79 Å². The highest BCUT2D eigenvalue weighted by atomic mass is 16.2. The van der Waals surface area contributed by atoms with Gasteiger partial charge in [-0.15, -0.1) is 0 Å². The summed E-state index contributed by atoms with van der Waals surface area (Å²) < 4.78 is 1.94. The van der Waals surface area contributed by atoms with E-state index in [-0.39, 0.29) is 5.92 Å². The Bertz CT molecular complexity index is 452. The van der Waals surface area contributed by atoms with Crippen molar-refractivity contribution in [2.75, 3.05) is 6.54 Å². The molecule has 1 aliphatic carbocycles. The molecule has 4 heteroatoms.